The number of pyridine rings is 1. The molecular formula is C16H23N3OS. The maximum absolute atomic E-state index is 5.88. The average molecular weight is 305 g/mol. The van der Waals surface area contributed by atoms with Crippen molar-refractivity contribution >= 4 is 23.0 Å². The Hall–Kier alpha value is -1.20. The number of anilines is 1. The van der Waals surface area contributed by atoms with Gasteiger partial charge >= 0.3 is 0 Å². The quantitative estimate of drug-likeness (QED) is 0.819. The van der Waals surface area contributed by atoms with Gasteiger partial charge in [0.1, 0.15) is 10.8 Å². The number of nitrogens with two attached hydrogens (primary N) is 1. The van der Waals surface area contributed by atoms with Crippen LogP contribution < -0.4 is 11.1 Å². The Balaban J connectivity index is 1.76. The van der Waals surface area contributed by atoms with E-state index in [1.807, 2.05) is 6.92 Å². The van der Waals surface area contributed by atoms with Crippen molar-refractivity contribution in [2.45, 2.75) is 57.6 Å². The summed E-state index contributed by atoms with van der Waals surface area (Å²) >= 11 is 5.20. The molecule has 0 atom stereocenters. The number of aryl methyl sites for hydroxylation is 2. The molecule has 0 amide bonds. The zero-order chi connectivity index (χ0) is 14.8. The van der Waals surface area contributed by atoms with Crippen LogP contribution in [0.25, 0.3) is 0 Å². The Morgan fingerprint density at radius 1 is 1.43 bits per heavy atom. The number of hydrogen-bond donors (Lipinski definition) is 2. The normalized spacial score (nSPS) is 24.0. The molecule has 1 heterocycles. The smallest absolute Gasteiger partial charge is 0.136 e. The van der Waals surface area contributed by atoms with E-state index in [9.17, 15) is 0 Å². The van der Waals surface area contributed by atoms with Crippen LogP contribution in [0.2, 0.25) is 0 Å². The summed E-state index contributed by atoms with van der Waals surface area (Å²) in [5.74, 6) is 0.864. The molecule has 1 aromatic rings. The fourth-order valence-corrected chi connectivity index (χ4v) is 3.34. The van der Waals surface area contributed by atoms with Gasteiger partial charge in [-0.1, -0.05) is 12.2 Å². The van der Waals surface area contributed by atoms with Crippen LogP contribution >= 0.6 is 12.2 Å². The first-order valence-corrected chi connectivity index (χ1v) is 8.29. The van der Waals surface area contributed by atoms with Crippen LogP contribution in [-0.4, -0.2) is 28.7 Å². The van der Waals surface area contributed by atoms with Gasteiger partial charge in [-0.15, -0.1) is 0 Å². The summed E-state index contributed by atoms with van der Waals surface area (Å²) in [5.41, 5.74) is 9.31. The van der Waals surface area contributed by atoms with Gasteiger partial charge < -0.3 is 15.8 Å². The van der Waals surface area contributed by atoms with Gasteiger partial charge in [0, 0.05) is 18.3 Å². The van der Waals surface area contributed by atoms with E-state index in [1.54, 1.807) is 0 Å². The number of thiocarbonyl (C=S) groups is 1. The summed E-state index contributed by atoms with van der Waals surface area (Å²) in [5, 5.41) is 3.51. The van der Waals surface area contributed by atoms with Gasteiger partial charge in [-0.05, 0) is 57.1 Å². The monoisotopic (exact) mass is 305 g/mol. The third-order valence-corrected chi connectivity index (χ3v) is 4.62. The second-order valence-electron chi connectivity index (χ2n) is 5.95. The van der Waals surface area contributed by atoms with Crippen LogP contribution in [0.5, 0.6) is 0 Å². The third-order valence-electron chi connectivity index (χ3n) is 4.40. The van der Waals surface area contributed by atoms with Crippen molar-refractivity contribution in [1.82, 2.24) is 4.98 Å². The lowest BCUT2D eigenvalue weighted by atomic mass is 9.89. The van der Waals surface area contributed by atoms with E-state index < -0.39 is 0 Å². The second kappa shape index (κ2) is 6.28. The zero-order valence-corrected chi connectivity index (χ0v) is 13.3. The number of hydrogen-bond acceptors (Lipinski definition) is 4. The van der Waals surface area contributed by atoms with Crippen molar-refractivity contribution < 1.29 is 4.74 Å². The van der Waals surface area contributed by atoms with Crippen LogP contribution in [0.3, 0.4) is 0 Å². The molecule has 1 fully saturated rings. The van der Waals surface area contributed by atoms with E-state index in [0.717, 1.165) is 43.7 Å². The summed E-state index contributed by atoms with van der Waals surface area (Å²) in [7, 11) is 0. The summed E-state index contributed by atoms with van der Waals surface area (Å²) in [6.45, 7) is 2.82. The van der Waals surface area contributed by atoms with Gasteiger partial charge in [-0.2, -0.15) is 0 Å². The van der Waals surface area contributed by atoms with Crippen molar-refractivity contribution in [3.05, 3.63) is 22.9 Å². The number of rotatable bonds is 5. The number of nitrogens with zero attached hydrogens (tertiary/aromatic N) is 1. The first kappa shape index (κ1) is 14.7. The Morgan fingerprint density at radius 3 is 2.90 bits per heavy atom. The highest BCUT2D eigenvalue weighted by Crippen LogP contribution is 2.30. The van der Waals surface area contributed by atoms with Crippen LogP contribution in [0, 0.1) is 0 Å². The highest BCUT2D eigenvalue weighted by Gasteiger charge is 2.30. The number of nitrogens with one attached hydrogen (secondary N) is 1. The van der Waals surface area contributed by atoms with Gasteiger partial charge in [0.15, 0.2) is 0 Å². The van der Waals surface area contributed by atoms with Gasteiger partial charge in [-0.3, -0.25) is 0 Å². The molecule has 0 spiro atoms. The van der Waals surface area contributed by atoms with E-state index in [2.05, 4.69) is 11.4 Å². The van der Waals surface area contributed by atoms with Crippen molar-refractivity contribution in [2.75, 3.05) is 11.9 Å². The first-order valence-electron chi connectivity index (χ1n) is 7.88. The lowest BCUT2D eigenvalue weighted by Gasteiger charge is -2.36. The molecule has 0 saturated heterocycles. The highest BCUT2D eigenvalue weighted by molar-refractivity contribution is 7.80. The van der Waals surface area contributed by atoms with Gasteiger partial charge in [0.25, 0.3) is 0 Å². The maximum Gasteiger partial charge on any atom is 0.136 e. The van der Waals surface area contributed by atoms with Gasteiger partial charge in [0.05, 0.1) is 11.7 Å². The molecule has 0 aromatic carbocycles. The maximum atomic E-state index is 5.88. The summed E-state index contributed by atoms with van der Waals surface area (Å²) in [6, 6.07) is 2.56. The van der Waals surface area contributed by atoms with E-state index >= 15 is 0 Å². The molecule has 5 heteroatoms. The molecule has 1 saturated carbocycles. The molecule has 0 radical (unpaired) electrons. The molecule has 3 rings (SSSR count). The summed E-state index contributed by atoms with van der Waals surface area (Å²) in [4.78, 5) is 5.24. The SMILES string of the molecule is CCOC1CC(Nc2nc3c(cc2C(N)=S)CCCC3)C1. The molecule has 21 heavy (non-hydrogen) atoms. The van der Waals surface area contributed by atoms with E-state index in [4.69, 9.17) is 27.7 Å². The third kappa shape index (κ3) is 3.19. The predicted octanol–water partition coefficient (Wildman–Crippen LogP) is 2.57. The lowest BCUT2D eigenvalue weighted by Crippen LogP contribution is -2.41. The van der Waals surface area contributed by atoms with Crippen LogP contribution in [-0.2, 0) is 17.6 Å². The van der Waals surface area contributed by atoms with Crippen LogP contribution in [0.15, 0.2) is 6.07 Å². The lowest BCUT2D eigenvalue weighted by molar-refractivity contribution is 0.00292. The molecule has 0 bridgehead atoms. The predicted molar refractivity (Wildman–Crippen MR) is 88.8 cm³/mol. The molecule has 1 aromatic heterocycles. The topological polar surface area (TPSA) is 60.2 Å². The average Bonchev–Trinajstić information content (AvgIpc) is 2.44. The number of aromatic nitrogens is 1. The number of fused-ring (bicyclic) bond motifs is 1. The number of ether oxygens (including phenoxy) is 1. The minimum absolute atomic E-state index is 0.387. The molecule has 2 aliphatic rings. The fourth-order valence-electron chi connectivity index (χ4n) is 3.18. The minimum Gasteiger partial charge on any atom is -0.389 e. The molecular weight excluding hydrogens is 282 g/mol. The molecule has 2 aliphatic carbocycles. The Labute approximate surface area is 131 Å². The second-order valence-corrected chi connectivity index (χ2v) is 6.39. The summed E-state index contributed by atoms with van der Waals surface area (Å²) in [6.07, 6.45) is 7.06. The van der Waals surface area contributed by atoms with E-state index in [1.165, 1.54) is 24.1 Å². The Morgan fingerprint density at radius 2 is 2.19 bits per heavy atom. The van der Waals surface area contributed by atoms with Crippen molar-refractivity contribution in [1.29, 1.82) is 0 Å². The molecule has 4 nitrogen and oxygen atoms in total. The standard InChI is InChI=1S/C16H23N3OS/c1-2-20-12-8-11(9-12)18-16-13(15(17)21)7-10-5-3-4-6-14(10)19-16/h7,11-12H,2-6,8-9H2,1H3,(H2,17,21)(H,18,19). The van der Waals surface area contributed by atoms with Gasteiger partial charge in [-0.25, -0.2) is 4.98 Å². The van der Waals surface area contributed by atoms with Crippen molar-refractivity contribution in [3.8, 4) is 0 Å². The molecule has 0 unspecified atom stereocenters. The van der Waals surface area contributed by atoms with Crippen molar-refractivity contribution in [2.24, 2.45) is 5.73 Å². The first-order chi connectivity index (χ1) is 10.2. The summed E-state index contributed by atoms with van der Waals surface area (Å²) < 4.78 is 5.60. The Kier molecular flexibility index (Phi) is 4.40. The van der Waals surface area contributed by atoms with E-state index in [-0.39, 0.29) is 0 Å². The highest BCUT2D eigenvalue weighted by atomic mass is 32.1. The minimum atomic E-state index is 0.387. The molecule has 114 valence electrons. The zero-order valence-electron chi connectivity index (χ0n) is 12.5. The van der Waals surface area contributed by atoms with Crippen molar-refractivity contribution in [3.63, 3.8) is 0 Å². The largest absolute Gasteiger partial charge is 0.389 e. The fraction of sp³-hybridized carbons (Fsp3) is 0.625. The Bertz CT molecular complexity index is 541. The van der Waals surface area contributed by atoms with Crippen LogP contribution in [0.1, 0.15) is 49.4 Å². The molecule has 3 N–H and O–H groups in total. The van der Waals surface area contributed by atoms with Crippen LogP contribution in [0.4, 0.5) is 5.82 Å². The van der Waals surface area contributed by atoms with E-state index in [0.29, 0.717) is 17.1 Å². The van der Waals surface area contributed by atoms with Gasteiger partial charge in [0.2, 0.25) is 0 Å². The molecule has 0 aliphatic heterocycles.